The second-order valence-corrected chi connectivity index (χ2v) is 1.43. The van der Waals surface area contributed by atoms with Crippen molar-refractivity contribution in [1.29, 1.82) is 0 Å². The summed E-state index contributed by atoms with van der Waals surface area (Å²) in [6, 6.07) is 0. The standard InChI is InChI=1S/H2O4S.O3/c1-5(2,3)4;1-2-3-1/h(H2,1,2,3,4);/p-2. The summed E-state index contributed by atoms with van der Waals surface area (Å²) in [5, 5.41) is 0. The van der Waals surface area contributed by atoms with E-state index in [1.54, 1.807) is 0 Å². The predicted molar refractivity (Wildman–Crippen MR) is 13.7 cm³/mol. The van der Waals surface area contributed by atoms with Crippen molar-refractivity contribution in [2.45, 2.75) is 0 Å². The van der Waals surface area contributed by atoms with E-state index in [4.69, 9.17) is 17.5 Å². The molecule has 0 atom stereocenters. The minimum atomic E-state index is -5.17. The second kappa shape index (κ2) is 2.55. The van der Waals surface area contributed by atoms with Crippen LogP contribution in [0, 0.1) is 0 Å². The van der Waals surface area contributed by atoms with Crippen molar-refractivity contribution in [3.63, 3.8) is 0 Å². The van der Waals surface area contributed by atoms with E-state index in [-0.39, 0.29) is 0 Å². The van der Waals surface area contributed by atoms with Crippen LogP contribution in [-0.4, -0.2) is 17.5 Å². The van der Waals surface area contributed by atoms with Gasteiger partial charge in [0.1, 0.15) is 0 Å². The van der Waals surface area contributed by atoms with Crippen LogP contribution >= 0.6 is 0 Å². The lowest BCUT2D eigenvalue weighted by Crippen LogP contribution is -1.91. The van der Waals surface area contributed by atoms with Crippen LogP contribution in [0.5, 0.6) is 0 Å². The number of hydrogen-bond donors (Lipinski definition) is 0. The van der Waals surface area contributed by atoms with Crippen LogP contribution in [-0.2, 0) is 10.4 Å². The zero-order valence-electron chi connectivity index (χ0n) is 3.27. The molecule has 7 nitrogen and oxygen atoms in total. The van der Waals surface area contributed by atoms with Crippen molar-refractivity contribution >= 4 is 10.4 Å². The van der Waals surface area contributed by atoms with Crippen LogP contribution in [0.2, 0.25) is 0 Å². The molecule has 0 radical (unpaired) electrons. The monoisotopic (exact) mass is 144 g/mol. The number of rotatable bonds is 0. The average Bonchev–Trinajstić information content (AvgIpc) is 1.95. The fraction of sp³-hybridized carbons (Fsp3) is 0. The van der Waals surface area contributed by atoms with Gasteiger partial charge in [-0.3, -0.25) is 8.42 Å². The molecule has 0 aliphatic carbocycles. The smallest absolute Gasteiger partial charge is 0.0311 e. The Balaban J connectivity index is 0.000000135. The van der Waals surface area contributed by atoms with Crippen molar-refractivity contribution in [1.82, 2.24) is 0 Å². The lowest BCUT2D eigenvalue weighted by Gasteiger charge is -2.06. The highest BCUT2D eigenvalue weighted by molar-refractivity contribution is 7.79. The van der Waals surface area contributed by atoms with Gasteiger partial charge >= 0.3 is 0 Å². The molecule has 0 unspecified atom stereocenters. The molecule has 0 fully saturated rings. The summed E-state index contributed by atoms with van der Waals surface area (Å²) in [5.41, 5.74) is 0. The summed E-state index contributed by atoms with van der Waals surface area (Å²) >= 11 is 0. The normalized spacial score (nSPS) is 10.2. The Morgan fingerprint density at radius 3 is 1.12 bits per heavy atom. The van der Waals surface area contributed by atoms with Gasteiger partial charge in [-0.15, -0.1) is 0 Å². The van der Waals surface area contributed by atoms with E-state index in [1.165, 1.54) is 0 Å². The molecule has 0 saturated carbocycles. The average molecular weight is 144 g/mol. The molecule has 0 N–H and O–H groups in total. The Hall–Kier alpha value is -0.730. The van der Waals surface area contributed by atoms with Gasteiger partial charge in [0.2, 0.25) is 0 Å². The largest absolute Gasteiger partial charge is 0.759 e. The van der Waals surface area contributed by atoms with E-state index in [0.717, 1.165) is 0 Å². The van der Waals surface area contributed by atoms with E-state index < -0.39 is 10.4 Å². The first-order chi connectivity index (χ1) is 3.50. The third-order valence-corrected chi connectivity index (χ3v) is 0.0680. The first-order valence-corrected chi connectivity index (χ1v) is 2.50. The molecule has 0 saturated heterocycles. The van der Waals surface area contributed by atoms with E-state index in [1.807, 2.05) is 0 Å². The van der Waals surface area contributed by atoms with Gasteiger partial charge in [0.25, 0.3) is 0 Å². The highest BCUT2D eigenvalue weighted by Crippen LogP contribution is 1.79. The van der Waals surface area contributed by atoms with Crippen molar-refractivity contribution in [3.8, 4) is 0 Å². The van der Waals surface area contributed by atoms with Crippen molar-refractivity contribution < 1.29 is 31.7 Å². The van der Waals surface area contributed by atoms with Crippen LogP contribution < -0.4 is 0 Å². The first-order valence-electron chi connectivity index (χ1n) is 1.17. The zero-order valence-corrected chi connectivity index (χ0v) is 4.08. The summed E-state index contributed by atoms with van der Waals surface area (Å²) in [6.07, 6.45) is 0. The molecule has 1 heterocycles. The molecule has 0 amide bonds. The summed E-state index contributed by atoms with van der Waals surface area (Å²) < 4.78 is 44.6. The quantitative estimate of drug-likeness (QED) is 0.263. The highest BCUT2D eigenvalue weighted by Gasteiger charge is 1.63. The molecule has 50 valence electrons. The first kappa shape index (κ1) is 7.27. The molecule has 1 aromatic heterocycles. The van der Waals surface area contributed by atoms with Crippen LogP contribution in [0.25, 0.3) is 0 Å². The molecule has 1 aromatic rings. The third kappa shape index (κ3) is 1320. The molecule has 0 spiro atoms. The van der Waals surface area contributed by atoms with Gasteiger partial charge in [-0.2, -0.15) is 0 Å². The van der Waals surface area contributed by atoms with Crippen molar-refractivity contribution in [3.05, 3.63) is 0 Å². The maximum atomic E-state index is 8.52. The Bertz CT molecular complexity index is 158. The highest BCUT2D eigenvalue weighted by atomic mass is 32.3. The molecule has 0 aliphatic heterocycles. The van der Waals surface area contributed by atoms with Crippen LogP contribution in [0.15, 0.2) is 14.2 Å². The Kier molecular flexibility index (Phi) is 2.31. The summed E-state index contributed by atoms with van der Waals surface area (Å²) in [5.74, 6) is 0. The van der Waals surface area contributed by atoms with Gasteiger partial charge in [-0.25, -0.2) is 0 Å². The Morgan fingerprint density at radius 1 is 1.00 bits per heavy atom. The second-order valence-electron chi connectivity index (χ2n) is 0.612. The Labute approximate surface area is 43.2 Å². The minimum Gasteiger partial charge on any atom is -0.759 e. The van der Waals surface area contributed by atoms with E-state index in [0.29, 0.717) is 0 Å². The minimum absolute atomic E-state index is 3.50. The predicted octanol–water partition coefficient (Wildman–Crippen LogP) is -0.872. The van der Waals surface area contributed by atoms with Gasteiger partial charge in [-0.05, 0) is 0 Å². The Morgan fingerprint density at radius 2 is 1.12 bits per heavy atom. The lowest BCUT2D eigenvalue weighted by atomic mass is 15.2. The van der Waals surface area contributed by atoms with Crippen molar-refractivity contribution in [2.24, 2.45) is 0 Å². The van der Waals surface area contributed by atoms with E-state index >= 15 is 0 Å². The molecule has 8 heavy (non-hydrogen) atoms. The molecule has 1 rings (SSSR count). The van der Waals surface area contributed by atoms with Gasteiger partial charge in [0.15, 0.2) is 0 Å². The van der Waals surface area contributed by atoms with Gasteiger partial charge < -0.3 is 9.11 Å². The van der Waals surface area contributed by atoms with Crippen LogP contribution in [0.3, 0.4) is 0 Å². The van der Waals surface area contributed by atoms with Gasteiger partial charge in [0.05, 0.1) is 0 Å². The van der Waals surface area contributed by atoms with E-state index in [9.17, 15) is 0 Å². The third-order valence-electron chi connectivity index (χ3n) is 0.0680. The van der Waals surface area contributed by atoms with Gasteiger partial charge in [0, 0.05) is 24.6 Å². The maximum absolute atomic E-state index is 8.52. The molecule has 0 aliphatic rings. The molecule has 0 aromatic carbocycles. The summed E-state index contributed by atoms with van der Waals surface area (Å²) in [7, 11) is -5.17. The lowest BCUT2D eigenvalue weighted by molar-refractivity contribution is 0.264. The topological polar surface area (TPSA) is 120 Å². The molecule has 0 bridgehead atoms. The molecule has 8 heteroatoms. The van der Waals surface area contributed by atoms with Gasteiger partial charge in [-0.1, -0.05) is 0 Å². The molecular weight excluding hydrogens is 144 g/mol. The fourth-order valence-corrected chi connectivity index (χ4v) is 0. The maximum Gasteiger partial charge on any atom is 0.0311 e. The van der Waals surface area contributed by atoms with Crippen LogP contribution in [0.4, 0.5) is 0 Å². The SMILES string of the molecule is O=S(=O)([O-])[O-].o1oo1. The fourth-order valence-electron chi connectivity index (χ4n) is 0. The van der Waals surface area contributed by atoms with Crippen molar-refractivity contribution in [2.75, 3.05) is 0 Å². The summed E-state index contributed by atoms with van der Waals surface area (Å²) in [4.78, 5) is 0. The summed E-state index contributed by atoms with van der Waals surface area (Å²) in [6.45, 7) is 0. The van der Waals surface area contributed by atoms with E-state index in [2.05, 4.69) is 14.2 Å². The van der Waals surface area contributed by atoms with Crippen LogP contribution in [0.1, 0.15) is 0 Å². The molecular formula is O7S-2. The number of hydrogen-bond acceptors (Lipinski definition) is 7. The zero-order chi connectivity index (χ0) is 6.62.